The van der Waals surface area contributed by atoms with E-state index in [0.717, 1.165) is 11.1 Å². The molecule has 0 spiro atoms. The van der Waals surface area contributed by atoms with Gasteiger partial charge in [0.2, 0.25) is 0 Å². The first-order chi connectivity index (χ1) is 28.7. The maximum Gasteiger partial charge on any atom is 0.303 e. The van der Waals surface area contributed by atoms with Crippen LogP contribution in [0.25, 0.3) is 0 Å². The SMILES string of the molecule is CC(=O)O[C@@]12CO[C@@H]1C[C@H](OP(P(P)P)P(P)P)[C@@]1(C)C(=O)[C@H](OP(P(P)P)P(PP)P(P)P)C3=C(C)[C@@H](OP(P(P)P(P)P)P(P(P)P)P(P)P)CC([C@@H](OPP)[C@H]21)C3(C)C. The molecule has 3 fully saturated rings. The molecule has 0 aromatic carbocycles. The van der Waals surface area contributed by atoms with Crippen LogP contribution in [0.3, 0.4) is 0 Å². The summed E-state index contributed by atoms with van der Waals surface area (Å²) in [5.41, 5.74) is -0.661. The number of carbonyl (C=O) groups excluding carboxylic acids is 2. The molecular weight excluding hydrogens is 1380 g/mol. The lowest BCUT2D eigenvalue weighted by molar-refractivity contribution is -0.330. The number of fused-ring (bicyclic) bond motifs is 5. The molecule has 0 N–H and O–H groups in total. The topological polar surface area (TPSA) is 89.5 Å². The average Bonchev–Trinajstić information content (AvgIpc) is 3.14. The fraction of sp³-hybridized carbons (Fsp3) is 0.818. The first-order valence-corrected chi connectivity index (χ1v) is 72.8. The fourth-order valence-corrected chi connectivity index (χ4v) is 205. The normalized spacial score (nSPS) is 33.7. The monoisotopic (exact) mass is 1450 g/mol. The molecule has 2 bridgehead atoms. The Bertz CT molecular complexity index is 1560. The molecule has 24 unspecified atom stereocenters. The zero-order valence-corrected chi connectivity index (χ0v) is 67.8. The number of hydrogen-bond acceptors (Lipinski definition) is 8. The second-order valence-corrected chi connectivity index (χ2v) is 123. The summed E-state index contributed by atoms with van der Waals surface area (Å²) >= 11 is 0. The predicted octanol–water partition coefficient (Wildman–Crippen LogP) is 20.0. The molecule has 0 radical (unpaired) electrons. The number of ether oxygens (including phenoxy) is 2. The standard InChI is InChI=1S/C22H64O8P32/c1-9-12(28-52(60(47)56(39)40)62(58(43)44)59(45)46)6-11-16(27-48-31)18-21(5,13(29-50(53(33)34)54(35)36)7-14-22(18,8-25-14)26-10(2)23)19(24)17(15(9)20(11,3)4)30-51(55(37)38)61(49-32)57(41)42/h11-14,16-18,48-49H,6-8,31-47H2,1-5H3/t11?,12-,13-,14+,16+,17+,18-,21+,22-,51?,52?,60?,61?/m0/s1. The minimum atomic E-state index is -1.18. The summed E-state index contributed by atoms with van der Waals surface area (Å²) in [5, 5.41) is 0. The van der Waals surface area contributed by atoms with Crippen molar-refractivity contribution in [2.24, 2.45) is 22.7 Å². The van der Waals surface area contributed by atoms with Gasteiger partial charge in [-0.25, -0.2) is 0 Å². The van der Waals surface area contributed by atoms with Crippen LogP contribution < -0.4 is 0 Å². The molecule has 32 atom stereocenters. The van der Waals surface area contributed by atoms with E-state index in [1.54, 1.807) is 0 Å². The third-order valence-corrected chi connectivity index (χ3v) is 153. The Kier molecular flexibility index (Phi) is 32.3. The number of esters is 1. The van der Waals surface area contributed by atoms with Crippen LogP contribution in [0.1, 0.15) is 47.5 Å². The van der Waals surface area contributed by atoms with Gasteiger partial charge in [-0.15, -0.1) is 134 Å². The minimum absolute atomic E-state index is 0.00146. The van der Waals surface area contributed by atoms with E-state index in [1.807, 2.05) is 0 Å². The maximum absolute atomic E-state index is 16.9. The lowest BCUT2D eigenvalue weighted by Gasteiger charge is -2.67. The van der Waals surface area contributed by atoms with E-state index in [4.69, 9.17) is 27.6 Å². The highest BCUT2D eigenvalue weighted by atomic mass is 33.2. The molecule has 0 amide bonds. The highest BCUT2D eigenvalue weighted by Gasteiger charge is 2.75. The Morgan fingerprint density at radius 1 is 0.742 bits per heavy atom. The Labute approximate surface area is 429 Å². The second kappa shape index (κ2) is 29.9. The van der Waals surface area contributed by atoms with Crippen molar-refractivity contribution in [3.8, 4) is 0 Å². The molecule has 4 aliphatic rings. The number of hydrogen-bond donors (Lipinski definition) is 0. The summed E-state index contributed by atoms with van der Waals surface area (Å²) < 4.78 is 43.3. The van der Waals surface area contributed by atoms with E-state index in [1.165, 1.54) is 6.92 Å². The summed E-state index contributed by atoms with van der Waals surface area (Å²) in [6.45, 7) is 5.28. The zero-order valence-electron chi connectivity index (χ0n) is 34.6. The Morgan fingerprint density at radius 2 is 1.31 bits per heavy atom. The van der Waals surface area contributed by atoms with Crippen molar-refractivity contribution < 1.29 is 37.2 Å². The van der Waals surface area contributed by atoms with Crippen LogP contribution in [0.2, 0.25) is 0 Å². The first kappa shape index (κ1) is 66.9. The van der Waals surface area contributed by atoms with Gasteiger partial charge in [0.1, 0.15) is 12.2 Å². The van der Waals surface area contributed by atoms with Gasteiger partial charge in [0.15, 0.2) is 11.4 Å². The van der Waals surface area contributed by atoms with Crippen LogP contribution in [0.4, 0.5) is 0 Å². The fourth-order valence-electron chi connectivity index (χ4n) is 8.86. The van der Waals surface area contributed by atoms with E-state index in [9.17, 15) is 4.79 Å². The van der Waals surface area contributed by atoms with Gasteiger partial charge in [-0.1, -0.05) is 39.7 Å². The number of ketones is 1. The van der Waals surface area contributed by atoms with Crippen molar-refractivity contribution >= 4 is 272 Å². The van der Waals surface area contributed by atoms with Gasteiger partial charge >= 0.3 is 5.97 Å². The molecule has 0 aromatic rings. The summed E-state index contributed by atoms with van der Waals surface area (Å²) in [5.74, 6) is -1.09. The van der Waals surface area contributed by atoms with E-state index in [2.05, 4.69) is 179 Å². The smallest absolute Gasteiger partial charge is 0.303 e. The molecule has 3 aliphatic carbocycles. The average molecular weight is 1450 g/mol. The van der Waals surface area contributed by atoms with Crippen LogP contribution in [-0.2, 0) is 37.2 Å². The molecule has 1 saturated heterocycles. The van der Waals surface area contributed by atoms with E-state index < -0.39 is 139 Å². The summed E-state index contributed by atoms with van der Waals surface area (Å²) in [6, 6.07) is 0. The van der Waals surface area contributed by atoms with Crippen molar-refractivity contribution in [1.82, 2.24) is 0 Å². The number of Topliss-reactive ketones (excluding diaryl/α,β-unsaturated/α-hetero) is 1. The van der Waals surface area contributed by atoms with E-state index in [0.29, 0.717) is 20.8 Å². The Hall–Kier alpha value is 12.4. The predicted molar refractivity (Wildman–Crippen MR) is 371 cm³/mol. The highest BCUT2D eigenvalue weighted by Crippen LogP contribution is 3.18. The molecule has 8 nitrogen and oxygen atoms in total. The summed E-state index contributed by atoms with van der Waals surface area (Å²) in [7, 11) is 50.0. The van der Waals surface area contributed by atoms with E-state index >= 15 is 4.79 Å². The molecule has 62 heavy (non-hydrogen) atoms. The van der Waals surface area contributed by atoms with Crippen molar-refractivity contribution in [1.29, 1.82) is 0 Å². The van der Waals surface area contributed by atoms with Gasteiger partial charge in [-0.05, 0) is 91.7 Å². The highest BCUT2D eigenvalue weighted by molar-refractivity contribution is 9.19. The van der Waals surface area contributed by atoms with Crippen molar-refractivity contribution in [3.63, 3.8) is 0 Å². The van der Waals surface area contributed by atoms with Crippen LogP contribution in [0, 0.1) is 22.7 Å². The van der Waals surface area contributed by atoms with Gasteiger partial charge in [0.05, 0.1) is 52.9 Å². The molecule has 2 saturated carbocycles. The molecular formula is C22H64O8P32. The Morgan fingerprint density at radius 3 is 1.73 bits per heavy atom. The minimum Gasteiger partial charge on any atom is -0.454 e. The molecule has 0 aromatic heterocycles. The van der Waals surface area contributed by atoms with Gasteiger partial charge in [-0.2, -0.15) is 0 Å². The number of carbonyl (C=O) groups is 2. The van der Waals surface area contributed by atoms with E-state index in [-0.39, 0.29) is 38.9 Å². The zero-order chi connectivity index (χ0) is 47.1. The molecule has 1 aliphatic heterocycles. The van der Waals surface area contributed by atoms with Crippen LogP contribution in [0.15, 0.2) is 11.1 Å². The van der Waals surface area contributed by atoms with Crippen molar-refractivity contribution in [2.45, 2.75) is 83.6 Å². The summed E-state index contributed by atoms with van der Waals surface area (Å²) in [6.07, 6.45) is -1.47. The van der Waals surface area contributed by atoms with Crippen molar-refractivity contribution in [3.05, 3.63) is 11.1 Å². The van der Waals surface area contributed by atoms with Crippen LogP contribution in [0.5, 0.6) is 0 Å². The first-order valence-electron chi connectivity index (χ1n) is 17.9. The second-order valence-electron chi connectivity index (χ2n) is 15.2. The summed E-state index contributed by atoms with van der Waals surface area (Å²) in [4.78, 5) is 30.3. The molecule has 40 heteroatoms. The lowest BCUT2D eigenvalue weighted by Crippen LogP contribution is -2.79. The van der Waals surface area contributed by atoms with Gasteiger partial charge in [-0.3, -0.25) is 9.59 Å². The maximum atomic E-state index is 16.9. The third kappa shape index (κ3) is 15.5. The van der Waals surface area contributed by atoms with Crippen molar-refractivity contribution in [2.75, 3.05) is 6.61 Å². The van der Waals surface area contributed by atoms with Crippen LogP contribution >= 0.6 is 261 Å². The lowest BCUT2D eigenvalue weighted by atomic mass is 9.46. The molecule has 4 rings (SSSR count). The molecule has 360 valence electrons. The third-order valence-electron chi connectivity index (χ3n) is 11.3. The van der Waals surface area contributed by atoms with Gasteiger partial charge < -0.3 is 27.6 Å². The quantitative estimate of drug-likeness (QED) is 0.0677. The van der Waals surface area contributed by atoms with Gasteiger partial charge in [0.25, 0.3) is 0 Å². The van der Waals surface area contributed by atoms with Crippen LogP contribution in [-0.4, -0.2) is 54.5 Å². The number of rotatable bonds is 20. The molecule has 1 heterocycles. The Balaban J connectivity index is 2.17. The largest absolute Gasteiger partial charge is 0.454 e. The van der Waals surface area contributed by atoms with Gasteiger partial charge in [0, 0.05) is 48.7 Å².